The highest BCUT2D eigenvalue weighted by Crippen LogP contribution is 2.25. The van der Waals surface area contributed by atoms with Gasteiger partial charge in [0.2, 0.25) is 0 Å². The lowest BCUT2D eigenvalue weighted by Crippen LogP contribution is -2.44. The Hall–Kier alpha value is -2.06. The van der Waals surface area contributed by atoms with Crippen molar-refractivity contribution in [2.75, 3.05) is 0 Å². The number of carbonyl (C=O) groups excluding carboxylic acids is 1. The minimum atomic E-state index is -4.70. The maximum absolute atomic E-state index is 12.3. The molecule has 1 atom stereocenters. The van der Waals surface area contributed by atoms with Gasteiger partial charge >= 0.3 is 12.1 Å². The molecular formula is C13H15F3N2O4. The van der Waals surface area contributed by atoms with E-state index < -0.39 is 30.5 Å². The zero-order chi connectivity index (χ0) is 16.3. The van der Waals surface area contributed by atoms with Gasteiger partial charge in [-0.1, -0.05) is 11.6 Å². The molecule has 0 aliphatic heterocycles. The van der Waals surface area contributed by atoms with Crippen molar-refractivity contribution in [1.82, 2.24) is 10.5 Å². The summed E-state index contributed by atoms with van der Waals surface area (Å²) in [6, 6.07) is -2.05. The van der Waals surface area contributed by atoms with Crippen molar-refractivity contribution in [3.05, 3.63) is 17.0 Å². The van der Waals surface area contributed by atoms with E-state index >= 15 is 0 Å². The molecule has 1 heterocycles. The van der Waals surface area contributed by atoms with Gasteiger partial charge in [-0.15, -0.1) is 0 Å². The van der Waals surface area contributed by atoms with E-state index in [0.29, 0.717) is 24.2 Å². The van der Waals surface area contributed by atoms with Crippen molar-refractivity contribution in [1.29, 1.82) is 0 Å². The lowest BCUT2D eigenvalue weighted by molar-refractivity contribution is -0.157. The fraction of sp³-hybridized carbons (Fsp3) is 0.615. The number of carbonyl (C=O) groups is 2. The zero-order valence-electron chi connectivity index (χ0n) is 11.6. The molecule has 1 amide bonds. The third-order valence-electron chi connectivity index (χ3n) is 3.45. The first kappa shape index (κ1) is 16.3. The average molecular weight is 320 g/mol. The number of hydrogen-bond acceptors (Lipinski definition) is 4. The van der Waals surface area contributed by atoms with Gasteiger partial charge in [0.15, 0.2) is 5.69 Å². The molecule has 122 valence electrons. The minimum absolute atomic E-state index is 0.120. The van der Waals surface area contributed by atoms with Crippen molar-refractivity contribution >= 4 is 11.9 Å². The van der Waals surface area contributed by atoms with E-state index in [1.807, 2.05) is 5.32 Å². The highest BCUT2D eigenvalue weighted by atomic mass is 19.4. The number of nitrogens with zero attached hydrogens (tertiary/aromatic N) is 1. The maximum atomic E-state index is 12.3. The Morgan fingerprint density at radius 3 is 2.59 bits per heavy atom. The van der Waals surface area contributed by atoms with E-state index in [-0.39, 0.29) is 5.69 Å². The topological polar surface area (TPSA) is 92.4 Å². The highest BCUT2D eigenvalue weighted by Gasteiger charge is 2.37. The molecule has 1 unspecified atom stereocenters. The third kappa shape index (κ3) is 3.99. The Bertz CT molecular complexity index is 568. The number of alkyl halides is 3. The Kier molecular flexibility index (Phi) is 4.72. The molecule has 2 rings (SSSR count). The summed E-state index contributed by atoms with van der Waals surface area (Å²) in [6.07, 6.45) is -2.53. The van der Waals surface area contributed by atoms with Crippen molar-refractivity contribution in [3.63, 3.8) is 0 Å². The van der Waals surface area contributed by atoms with E-state index in [1.165, 1.54) is 0 Å². The summed E-state index contributed by atoms with van der Waals surface area (Å²) in [5.41, 5.74) is 0.441. The Labute approximate surface area is 123 Å². The molecular weight excluding hydrogens is 305 g/mol. The fourth-order valence-electron chi connectivity index (χ4n) is 2.40. The maximum Gasteiger partial charge on any atom is 0.391 e. The van der Waals surface area contributed by atoms with Crippen molar-refractivity contribution in [2.24, 2.45) is 0 Å². The largest absolute Gasteiger partial charge is 0.480 e. The third-order valence-corrected chi connectivity index (χ3v) is 3.45. The van der Waals surface area contributed by atoms with Gasteiger partial charge in [-0.3, -0.25) is 4.79 Å². The lowest BCUT2D eigenvalue weighted by atomic mass is 10.1. The molecule has 0 fully saturated rings. The molecule has 0 bridgehead atoms. The van der Waals surface area contributed by atoms with Crippen molar-refractivity contribution < 1.29 is 32.4 Å². The molecule has 0 radical (unpaired) electrons. The number of halogens is 3. The average Bonchev–Trinajstić information content (AvgIpc) is 2.65. The number of aliphatic carboxylic acids is 1. The SMILES string of the molecule is O=C(NC(CC(F)(F)F)C(=O)O)c1noc2c1CCCCC2. The Balaban J connectivity index is 2.14. The second-order valence-electron chi connectivity index (χ2n) is 5.18. The number of aromatic nitrogens is 1. The number of nitrogens with one attached hydrogen (secondary N) is 1. The van der Waals surface area contributed by atoms with Crippen LogP contribution in [0.5, 0.6) is 0 Å². The molecule has 0 aromatic carbocycles. The summed E-state index contributed by atoms with van der Waals surface area (Å²) in [5, 5.41) is 14.3. The van der Waals surface area contributed by atoms with E-state index in [1.54, 1.807) is 0 Å². The van der Waals surface area contributed by atoms with Gasteiger partial charge in [0.25, 0.3) is 5.91 Å². The number of carboxylic acids is 1. The van der Waals surface area contributed by atoms with E-state index in [9.17, 15) is 22.8 Å². The zero-order valence-corrected chi connectivity index (χ0v) is 11.6. The number of amides is 1. The number of rotatable bonds is 4. The molecule has 2 N–H and O–H groups in total. The van der Waals surface area contributed by atoms with Crippen LogP contribution in [0.1, 0.15) is 47.5 Å². The smallest absolute Gasteiger partial charge is 0.391 e. The summed E-state index contributed by atoms with van der Waals surface area (Å²) in [5.74, 6) is -2.16. The molecule has 9 heteroatoms. The molecule has 1 aliphatic rings. The van der Waals surface area contributed by atoms with Crippen LogP contribution in [0, 0.1) is 0 Å². The van der Waals surface area contributed by atoms with Crippen LogP contribution in [0.3, 0.4) is 0 Å². The summed E-state index contributed by atoms with van der Waals surface area (Å²) in [7, 11) is 0. The number of carboxylic acid groups (broad SMARTS) is 1. The molecule has 6 nitrogen and oxygen atoms in total. The fourth-order valence-corrected chi connectivity index (χ4v) is 2.40. The van der Waals surface area contributed by atoms with Crippen molar-refractivity contribution in [2.45, 2.75) is 50.7 Å². The Morgan fingerprint density at radius 1 is 1.27 bits per heavy atom. The first-order valence-electron chi connectivity index (χ1n) is 6.86. The van der Waals surface area contributed by atoms with Gasteiger partial charge in [0, 0.05) is 12.0 Å². The van der Waals surface area contributed by atoms with Crippen LogP contribution in [-0.2, 0) is 17.6 Å². The quantitative estimate of drug-likeness (QED) is 0.829. The van der Waals surface area contributed by atoms with Crippen LogP contribution >= 0.6 is 0 Å². The van der Waals surface area contributed by atoms with Gasteiger partial charge in [-0.2, -0.15) is 13.2 Å². The number of aryl methyl sites for hydroxylation is 1. The van der Waals surface area contributed by atoms with Gasteiger partial charge in [0.05, 0.1) is 6.42 Å². The summed E-state index contributed by atoms with van der Waals surface area (Å²) >= 11 is 0. The number of fused-ring (bicyclic) bond motifs is 1. The van der Waals surface area contributed by atoms with Gasteiger partial charge < -0.3 is 14.9 Å². The van der Waals surface area contributed by atoms with E-state index in [2.05, 4.69) is 5.16 Å². The predicted octanol–water partition coefficient (Wildman–Crippen LogP) is 2.08. The molecule has 22 heavy (non-hydrogen) atoms. The standard InChI is InChI=1S/C13H15F3N2O4/c14-13(15,16)6-8(12(20)21)17-11(19)10-7-4-2-1-3-5-9(7)22-18-10/h8H,1-6H2,(H,17,19)(H,20,21). The first-order chi connectivity index (χ1) is 10.3. The van der Waals surface area contributed by atoms with E-state index in [0.717, 1.165) is 19.3 Å². The molecule has 0 saturated carbocycles. The summed E-state index contributed by atoms with van der Waals surface area (Å²) in [6.45, 7) is 0. The normalized spacial score (nSPS) is 16.5. The molecule has 0 saturated heterocycles. The molecule has 0 spiro atoms. The summed E-state index contributed by atoms with van der Waals surface area (Å²) < 4.78 is 42.1. The van der Waals surface area contributed by atoms with Crippen LogP contribution in [0.25, 0.3) is 0 Å². The lowest BCUT2D eigenvalue weighted by Gasteiger charge is -2.15. The van der Waals surface area contributed by atoms with E-state index in [4.69, 9.17) is 9.63 Å². The minimum Gasteiger partial charge on any atom is -0.480 e. The van der Waals surface area contributed by atoms with Crippen LogP contribution < -0.4 is 5.32 Å². The van der Waals surface area contributed by atoms with Crippen LogP contribution in [0.15, 0.2) is 4.52 Å². The molecule has 1 aromatic heterocycles. The number of hydrogen-bond donors (Lipinski definition) is 2. The van der Waals surface area contributed by atoms with Crippen LogP contribution in [0.4, 0.5) is 13.2 Å². The Morgan fingerprint density at radius 2 is 1.95 bits per heavy atom. The monoisotopic (exact) mass is 320 g/mol. The second-order valence-corrected chi connectivity index (χ2v) is 5.18. The first-order valence-corrected chi connectivity index (χ1v) is 6.86. The van der Waals surface area contributed by atoms with Gasteiger partial charge in [0.1, 0.15) is 11.8 Å². The van der Waals surface area contributed by atoms with Gasteiger partial charge in [-0.25, -0.2) is 4.79 Å². The van der Waals surface area contributed by atoms with Crippen molar-refractivity contribution in [3.8, 4) is 0 Å². The van der Waals surface area contributed by atoms with Gasteiger partial charge in [-0.05, 0) is 19.3 Å². The van der Waals surface area contributed by atoms with Crippen LogP contribution in [0.2, 0.25) is 0 Å². The highest BCUT2D eigenvalue weighted by molar-refractivity contribution is 5.96. The summed E-state index contributed by atoms with van der Waals surface area (Å²) in [4.78, 5) is 22.9. The van der Waals surface area contributed by atoms with Crippen LogP contribution in [-0.4, -0.2) is 34.4 Å². The molecule has 1 aromatic rings. The molecule has 1 aliphatic carbocycles. The second kappa shape index (κ2) is 6.37. The predicted molar refractivity (Wildman–Crippen MR) is 67.3 cm³/mol.